The van der Waals surface area contributed by atoms with E-state index in [4.69, 9.17) is 19.2 Å². The Morgan fingerprint density at radius 1 is 1.06 bits per heavy atom. The number of carbonyl (C=O) groups excluding carboxylic acids is 2. The van der Waals surface area contributed by atoms with Crippen LogP contribution in [0.5, 0.6) is 11.5 Å². The van der Waals surface area contributed by atoms with E-state index < -0.39 is 11.8 Å². The Labute approximate surface area is 196 Å². The molecule has 1 fully saturated rings. The van der Waals surface area contributed by atoms with Crippen molar-refractivity contribution in [3.05, 3.63) is 35.0 Å². The van der Waals surface area contributed by atoms with Gasteiger partial charge in [0.05, 0.1) is 14.2 Å². The fraction of sp³-hybridized carbons (Fsp3) is 0.593. The molecule has 2 aliphatic carbocycles. The molecule has 0 radical (unpaired) electrons. The van der Waals surface area contributed by atoms with E-state index >= 15 is 0 Å². The van der Waals surface area contributed by atoms with Crippen molar-refractivity contribution in [1.82, 2.24) is 0 Å². The quantitative estimate of drug-likeness (QED) is 0.558. The number of benzene rings is 1. The summed E-state index contributed by atoms with van der Waals surface area (Å²) in [6.45, 7) is 6.06. The highest BCUT2D eigenvalue weighted by Crippen LogP contribution is 2.50. The Hall–Kier alpha value is -2.63. The number of rotatable bonds is 5. The molecule has 6 heteroatoms. The lowest BCUT2D eigenvalue weighted by Gasteiger charge is -2.39. The van der Waals surface area contributed by atoms with Gasteiger partial charge < -0.3 is 14.2 Å². The first-order valence-electron chi connectivity index (χ1n) is 12.0. The fourth-order valence-corrected chi connectivity index (χ4v) is 5.58. The standard InChI is InChI=1S/C27H35NO5/c1-16-23(26(30)33-17-9-7-6-8-10-17)24(19-12-11-18(31-4)13-22(19)32-5)25-20(28-16)14-27(2,3)15-21(25)29/h11-13,17,23-24H,6-10,14-15H2,1-5H3/t23?,24-/m1/s1. The van der Waals surface area contributed by atoms with E-state index in [9.17, 15) is 9.59 Å². The summed E-state index contributed by atoms with van der Waals surface area (Å²) < 4.78 is 17.1. The Morgan fingerprint density at radius 2 is 1.79 bits per heavy atom. The van der Waals surface area contributed by atoms with Gasteiger partial charge in [-0.15, -0.1) is 0 Å². The number of methoxy groups -OCH3 is 2. The summed E-state index contributed by atoms with van der Waals surface area (Å²) in [7, 11) is 3.20. The first kappa shape index (κ1) is 23.5. The van der Waals surface area contributed by atoms with Gasteiger partial charge in [0, 0.05) is 41.0 Å². The lowest BCUT2D eigenvalue weighted by molar-refractivity contribution is -0.153. The highest BCUT2D eigenvalue weighted by molar-refractivity contribution is 6.09. The van der Waals surface area contributed by atoms with Crippen LogP contribution in [-0.4, -0.2) is 37.8 Å². The van der Waals surface area contributed by atoms with Crippen LogP contribution in [-0.2, 0) is 14.3 Å². The van der Waals surface area contributed by atoms with Gasteiger partial charge in [0.1, 0.15) is 23.5 Å². The van der Waals surface area contributed by atoms with Gasteiger partial charge in [0.25, 0.3) is 0 Å². The molecule has 1 unspecified atom stereocenters. The highest BCUT2D eigenvalue weighted by Gasteiger charge is 2.47. The summed E-state index contributed by atoms with van der Waals surface area (Å²) in [5.41, 5.74) is 2.75. The second-order valence-electron chi connectivity index (χ2n) is 10.3. The summed E-state index contributed by atoms with van der Waals surface area (Å²) in [5, 5.41) is 0. The molecule has 0 amide bonds. The molecule has 0 spiro atoms. The van der Waals surface area contributed by atoms with E-state index in [0.29, 0.717) is 35.6 Å². The summed E-state index contributed by atoms with van der Waals surface area (Å²) in [6.07, 6.45) is 6.20. The predicted octanol–water partition coefficient (Wildman–Crippen LogP) is 5.40. The van der Waals surface area contributed by atoms with Crippen molar-refractivity contribution in [3.63, 3.8) is 0 Å². The van der Waals surface area contributed by atoms with E-state index in [0.717, 1.165) is 36.9 Å². The van der Waals surface area contributed by atoms with E-state index in [-0.39, 0.29) is 23.3 Å². The van der Waals surface area contributed by atoms with Gasteiger partial charge >= 0.3 is 5.97 Å². The molecule has 1 heterocycles. The molecule has 1 saturated carbocycles. The monoisotopic (exact) mass is 453 g/mol. The number of hydrogen-bond donors (Lipinski definition) is 0. The molecule has 1 aliphatic heterocycles. The minimum atomic E-state index is -0.655. The number of hydrogen-bond acceptors (Lipinski definition) is 6. The van der Waals surface area contributed by atoms with Crippen LogP contribution in [0.3, 0.4) is 0 Å². The third kappa shape index (κ3) is 4.71. The van der Waals surface area contributed by atoms with Gasteiger partial charge in [-0.2, -0.15) is 0 Å². The summed E-state index contributed by atoms with van der Waals surface area (Å²) in [5.74, 6) is -0.139. The molecule has 1 aromatic carbocycles. The molecular formula is C27H35NO5. The van der Waals surface area contributed by atoms with Crippen molar-refractivity contribution in [1.29, 1.82) is 0 Å². The minimum absolute atomic E-state index is 0.0517. The molecule has 0 N–H and O–H groups in total. The van der Waals surface area contributed by atoms with Gasteiger partial charge in [0.2, 0.25) is 0 Å². The second kappa shape index (κ2) is 9.32. The van der Waals surface area contributed by atoms with Gasteiger partial charge in [0.15, 0.2) is 5.78 Å². The first-order chi connectivity index (χ1) is 15.7. The molecule has 1 aromatic rings. The van der Waals surface area contributed by atoms with Gasteiger partial charge in [-0.25, -0.2) is 0 Å². The van der Waals surface area contributed by atoms with Crippen molar-refractivity contribution in [2.45, 2.75) is 77.7 Å². The van der Waals surface area contributed by atoms with Crippen LogP contribution in [0, 0.1) is 11.3 Å². The fourth-order valence-electron chi connectivity index (χ4n) is 5.58. The summed E-state index contributed by atoms with van der Waals surface area (Å²) >= 11 is 0. The highest BCUT2D eigenvalue weighted by atomic mass is 16.5. The summed E-state index contributed by atoms with van der Waals surface area (Å²) in [4.78, 5) is 31.9. The largest absolute Gasteiger partial charge is 0.497 e. The molecule has 178 valence electrons. The topological polar surface area (TPSA) is 74.2 Å². The van der Waals surface area contributed by atoms with Gasteiger partial charge in [-0.1, -0.05) is 26.3 Å². The normalized spacial score (nSPS) is 25.2. The average molecular weight is 454 g/mol. The zero-order valence-electron chi connectivity index (χ0n) is 20.4. The van der Waals surface area contributed by atoms with Crippen LogP contribution in [0.15, 0.2) is 34.5 Å². The molecule has 6 nitrogen and oxygen atoms in total. The third-order valence-electron chi connectivity index (χ3n) is 7.17. The average Bonchev–Trinajstić information content (AvgIpc) is 2.77. The number of allylic oxidation sites excluding steroid dienone is 2. The lowest BCUT2D eigenvalue weighted by atomic mass is 9.66. The smallest absolute Gasteiger partial charge is 0.315 e. The number of nitrogens with zero attached hydrogens (tertiary/aromatic N) is 1. The number of ketones is 1. The van der Waals surface area contributed by atoms with Crippen molar-refractivity contribution in [2.75, 3.05) is 14.2 Å². The summed E-state index contributed by atoms with van der Waals surface area (Å²) in [6, 6.07) is 5.55. The maximum absolute atomic E-state index is 13.6. The van der Waals surface area contributed by atoms with E-state index in [2.05, 4.69) is 13.8 Å². The molecule has 33 heavy (non-hydrogen) atoms. The van der Waals surface area contributed by atoms with Crippen molar-refractivity contribution in [2.24, 2.45) is 16.3 Å². The third-order valence-corrected chi connectivity index (χ3v) is 7.17. The van der Waals surface area contributed by atoms with Crippen LogP contribution in [0.4, 0.5) is 0 Å². The van der Waals surface area contributed by atoms with Gasteiger partial charge in [-0.3, -0.25) is 14.6 Å². The number of esters is 1. The number of ether oxygens (including phenoxy) is 3. The van der Waals surface area contributed by atoms with Gasteiger partial charge in [-0.05, 0) is 50.5 Å². The van der Waals surface area contributed by atoms with E-state index in [1.807, 2.05) is 19.1 Å². The molecule has 0 saturated heterocycles. The number of aliphatic imine (C=N–C) groups is 1. The molecule has 2 atom stereocenters. The number of Topliss-reactive ketones (excluding diaryl/α,β-unsaturated/α-hetero) is 1. The van der Waals surface area contributed by atoms with E-state index in [1.54, 1.807) is 20.3 Å². The molecule has 0 bridgehead atoms. The molecule has 4 rings (SSSR count). The SMILES string of the molecule is COc1ccc([C@H]2C3=C(CC(C)(C)CC3=O)N=C(C)C2C(=O)OC2CCCCC2)c(OC)c1. The Balaban J connectivity index is 1.81. The van der Waals surface area contributed by atoms with Crippen LogP contribution in [0.2, 0.25) is 0 Å². The lowest BCUT2D eigenvalue weighted by Crippen LogP contribution is -2.40. The Kier molecular flexibility index (Phi) is 6.64. The van der Waals surface area contributed by atoms with Crippen molar-refractivity contribution in [3.8, 4) is 11.5 Å². The predicted molar refractivity (Wildman–Crippen MR) is 127 cm³/mol. The maximum Gasteiger partial charge on any atom is 0.315 e. The van der Waals surface area contributed by atoms with Crippen molar-refractivity contribution < 1.29 is 23.8 Å². The first-order valence-corrected chi connectivity index (χ1v) is 12.0. The van der Waals surface area contributed by atoms with Crippen LogP contribution >= 0.6 is 0 Å². The maximum atomic E-state index is 13.6. The molecule has 0 aromatic heterocycles. The molecule has 3 aliphatic rings. The minimum Gasteiger partial charge on any atom is -0.497 e. The Morgan fingerprint density at radius 3 is 2.45 bits per heavy atom. The molecular weight excluding hydrogens is 418 g/mol. The second-order valence-corrected chi connectivity index (χ2v) is 10.3. The van der Waals surface area contributed by atoms with Crippen LogP contribution < -0.4 is 9.47 Å². The zero-order valence-corrected chi connectivity index (χ0v) is 20.4. The van der Waals surface area contributed by atoms with Crippen LogP contribution in [0.25, 0.3) is 0 Å². The van der Waals surface area contributed by atoms with E-state index in [1.165, 1.54) is 6.42 Å². The zero-order chi connectivity index (χ0) is 23.8. The van der Waals surface area contributed by atoms with Crippen molar-refractivity contribution >= 4 is 17.5 Å². The van der Waals surface area contributed by atoms with Crippen LogP contribution in [0.1, 0.15) is 77.2 Å². The number of carbonyl (C=O) groups is 2. The Bertz CT molecular complexity index is 1000.